The number of benzene rings is 2. The van der Waals surface area contributed by atoms with Crippen LogP contribution in [-0.4, -0.2) is 32.1 Å². The smallest absolute Gasteiger partial charge is 0.313 e. The number of hydrogen-bond donors (Lipinski definition) is 3. The van der Waals surface area contributed by atoms with Gasteiger partial charge in [-0.15, -0.1) is 0 Å². The molecule has 6 nitrogen and oxygen atoms in total. The SMILES string of the molecule is COCCNC(=O)C(=O)Nc1ccc(Nc2ccccc2)cc1. The van der Waals surface area contributed by atoms with Crippen LogP contribution in [0.2, 0.25) is 0 Å². The van der Waals surface area contributed by atoms with Gasteiger partial charge in [-0.05, 0) is 36.4 Å². The van der Waals surface area contributed by atoms with E-state index in [1.165, 1.54) is 7.11 Å². The lowest BCUT2D eigenvalue weighted by Crippen LogP contribution is -2.37. The van der Waals surface area contributed by atoms with Crippen molar-refractivity contribution in [3.63, 3.8) is 0 Å². The van der Waals surface area contributed by atoms with E-state index in [9.17, 15) is 9.59 Å². The fourth-order valence-electron chi connectivity index (χ4n) is 1.86. The lowest BCUT2D eigenvalue weighted by molar-refractivity contribution is -0.136. The summed E-state index contributed by atoms with van der Waals surface area (Å²) in [5, 5.41) is 8.24. The molecular weight excluding hydrogens is 294 g/mol. The van der Waals surface area contributed by atoms with Crippen LogP contribution in [-0.2, 0) is 14.3 Å². The molecule has 6 heteroatoms. The minimum atomic E-state index is -0.704. The van der Waals surface area contributed by atoms with E-state index in [1.807, 2.05) is 42.5 Å². The van der Waals surface area contributed by atoms with Crippen LogP contribution in [0.25, 0.3) is 0 Å². The molecule has 0 heterocycles. The van der Waals surface area contributed by atoms with E-state index in [0.717, 1.165) is 11.4 Å². The van der Waals surface area contributed by atoms with E-state index in [0.29, 0.717) is 18.8 Å². The normalized spacial score (nSPS) is 9.96. The first-order chi connectivity index (χ1) is 11.2. The quantitative estimate of drug-likeness (QED) is 0.564. The molecule has 0 unspecified atom stereocenters. The van der Waals surface area contributed by atoms with Crippen molar-refractivity contribution in [2.24, 2.45) is 0 Å². The molecule has 0 aliphatic carbocycles. The molecule has 2 amide bonds. The van der Waals surface area contributed by atoms with Gasteiger partial charge in [0.15, 0.2) is 0 Å². The first-order valence-electron chi connectivity index (χ1n) is 7.19. The zero-order valence-electron chi connectivity index (χ0n) is 12.8. The van der Waals surface area contributed by atoms with Crippen molar-refractivity contribution in [2.75, 3.05) is 30.9 Å². The molecular formula is C17H19N3O3. The standard InChI is InChI=1S/C17H19N3O3/c1-23-12-11-18-16(21)17(22)20-15-9-7-14(8-10-15)19-13-5-3-2-4-6-13/h2-10,19H,11-12H2,1H3,(H,18,21)(H,20,22). The Labute approximate surface area is 134 Å². The zero-order chi connectivity index (χ0) is 16.5. The highest BCUT2D eigenvalue weighted by molar-refractivity contribution is 6.39. The Bertz CT molecular complexity index is 642. The maximum absolute atomic E-state index is 11.7. The van der Waals surface area contributed by atoms with Gasteiger partial charge in [-0.1, -0.05) is 18.2 Å². The minimum absolute atomic E-state index is 0.294. The molecule has 0 atom stereocenters. The third kappa shape index (κ3) is 5.44. The Morgan fingerprint density at radius 1 is 0.870 bits per heavy atom. The summed E-state index contributed by atoms with van der Waals surface area (Å²) >= 11 is 0. The van der Waals surface area contributed by atoms with Gasteiger partial charge in [-0.3, -0.25) is 9.59 Å². The predicted octanol–water partition coefficient (Wildman–Crippen LogP) is 2.13. The van der Waals surface area contributed by atoms with Crippen molar-refractivity contribution in [1.82, 2.24) is 5.32 Å². The van der Waals surface area contributed by atoms with Gasteiger partial charge in [0.1, 0.15) is 0 Å². The monoisotopic (exact) mass is 313 g/mol. The number of para-hydroxylation sites is 1. The van der Waals surface area contributed by atoms with Gasteiger partial charge in [0, 0.05) is 30.7 Å². The van der Waals surface area contributed by atoms with Crippen molar-refractivity contribution in [2.45, 2.75) is 0 Å². The molecule has 3 N–H and O–H groups in total. The largest absolute Gasteiger partial charge is 0.383 e. The maximum atomic E-state index is 11.7. The number of nitrogens with one attached hydrogen (secondary N) is 3. The van der Waals surface area contributed by atoms with Gasteiger partial charge in [-0.25, -0.2) is 0 Å². The summed E-state index contributed by atoms with van der Waals surface area (Å²) in [6.07, 6.45) is 0. The van der Waals surface area contributed by atoms with Crippen LogP contribution in [0.15, 0.2) is 54.6 Å². The molecule has 2 aromatic carbocycles. The van der Waals surface area contributed by atoms with Crippen molar-refractivity contribution in [3.05, 3.63) is 54.6 Å². The molecule has 0 aliphatic rings. The van der Waals surface area contributed by atoms with Gasteiger partial charge in [0.2, 0.25) is 0 Å². The second-order valence-corrected chi connectivity index (χ2v) is 4.77. The molecule has 0 aliphatic heterocycles. The second-order valence-electron chi connectivity index (χ2n) is 4.77. The first-order valence-corrected chi connectivity index (χ1v) is 7.19. The Kier molecular flexibility index (Phi) is 6.14. The lowest BCUT2D eigenvalue weighted by atomic mass is 10.2. The van der Waals surface area contributed by atoms with E-state index in [4.69, 9.17) is 4.74 Å². The van der Waals surface area contributed by atoms with E-state index < -0.39 is 11.8 Å². The van der Waals surface area contributed by atoms with E-state index in [-0.39, 0.29) is 0 Å². The molecule has 0 saturated carbocycles. The molecule has 0 saturated heterocycles. The summed E-state index contributed by atoms with van der Waals surface area (Å²) in [6, 6.07) is 16.9. The zero-order valence-corrected chi connectivity index (χ0v) is 12.8. The van der Waals surface area contributed by atoms with Gasteiger partial charge >= 0.3 is 11.8 Å². The highest BCUT2D eigenvalue weighted by atomic mass is 16.5. The molecule has 0 aromatic heterocycles. The van der Waals surface area contributed by atoms with Crippen LogP contribution in [0.3, 0.4) is 0 Å². The van der Waals surface area contributed by atoms with Crippen LogP contribution in [0.5, 0.6) is 0 Å². The van der Waals surface area contributed by atoms with Crippen molar-refractivity contribution in [1.29, 1.82) is 0 Å². The number of carbonyl (C=O) groups is 2. The molecule has 120 valence electrons. The van der Waals surface area contributed by atoms with Crippen molar-refractivity contribution < 1.29 is 14.3 Å². The molecule has 0 fully saturated rings. The number of rotatable bonds is 6. The molecule has 0 radical (unpaired) electrons. The van der Waals surface area contributed by atoms with Crippen LogP contribution in [0.1, 0.15) is 0 Å². The Hall–Kier alpha value is -2.86. The predicted molar refractivity (Wildman–Crippen MR) is 89.7 cm³/mol. The van der Waals surface area contributed by atoms with Crippen molar-refractivity contribution >= 4 is 28.9 Å². The van der Waals surface area contributed by atoms with E-state index in [1.54, 1.807) is 12.1 Å². The Morgan fingerprint density at radius 2 is 1.48 bits per heavy atom. The van der Waals surface area contributed by atoms with Crippen LogP contribution in [0, 0.1) is 0 Å². The van der Waals surface area contributed by atoms with Gasteiger partial charge < -0.3 is 20.7 Å². The first kappa shape index (κ1) is 16.5. The average Bonchev–Trinajstić information content (AvgIpc) is 2.57. The summed E-state index contributed by atoms with van der Waals surface area (Å²) in [7, 11) is 1.53. The highest BCUT2D eigenvalue weighted by Gasteiger charge is 2.12. The van der Waals surface area contributed by atoms with Crippen LogP contribution >= 0.6 is 0 Å². The number of amides is 2. The number of hydrogen-bond acceptors (Lipinski definition) is 4. The number of carbonyl (C=O) groups excluding carboxylic acids is 2. The van der Waals surface area contributed by atoms with Gasteiger partial charge in [-0.2, -0.15) is 0 Å². The molecule has 0 spiro atoms. The minimum Gasteiger partial charge on any atom is -0.383 e. The summed E-state index contributed by atoms with van der Waals surface area (Å²) < 4.78 is 4.80. The molecule has 2 rings (SSSR count). The van der Waals surface area contributed by atoms with Crippen LogP contribution < -0.4 is 16.0 Å². The second kappa shape index (κ2) is 8.55. The van der Waals surface area contributed by atoms with Crippen LogP contribution in [0.4, 0.5) is 17.1 Å². The molecule has 23 heavy (non-hydrogen) atoms. The Balaban J connectivity index is 1.87. The molecule has 2 aromatic rings. The van der Waals surface area contributed by atoms with Gasteiger partial charge in [0.25, 0.3) is 0 Å². The summed E-state index contributed by atoms with van der Waals surface area (Å²) in [5.41, 5.74) is 2.41. The van der Waals surface area contributed by atoms with E-state index in [2.05, 4.69) is 16.0 Å². The number of ether oxygens (including phenoxy) is 1. The Morgan fingerprint density at radius 3 is 2.13 bits per heavy atom. The third-order valence-corrected chi connectivity index (χ3v) is 3.00. The average molecular weight is 313 g/mol. The van der Waals surface area contributed by atoms with E-state index >= 15 is 0 Å². The molecule has 0 bridgehead atoms. The fraction of sp³-hybridized carbons (Fsp3) is 0.176. The number of methoxy groups -OCH3 is 1. The lowest BCUT2D eigenvalue weighted by Gasteiger charge is -2.09. The summed E-state index contributed by atoms with van der Waals surface area (Å²) in [6.45, 7) is 0.654. The summed E-state index contributed by atoms with van der Waals surface area (Å²) in [4.78, 5) is 23.2. The van der Waals surface area contributed by atoms with Crippen molar-refractivity contribution in [3.8, 4) is 0 Å². The van der Waals surface area contributed by atoms with Gasteiger partial charge in [0.05, 0.1) is 6.61 Å². The third-order valence-electron chi connectivity index (χ3n) is 3.00. The topological polar surface area (TPSA) is 79.5 Å². The fourth-order valence-corrected chi connectivity index (χ4v) is 1.86. The summed E-state index contributed by atoms with van der Waals surface area (Å²) in [5.74, 6) is -1.39. The highest BCUT2D eigenvalue weighted by Crippen LogP contribution is 2.18. The maximum Gasteiger partial charge on any atom is 0.313 e. The number of anilines is 3.